The average Bonchev–Trinajstić information content (AvgIpc) is 2.84. The summed E-state index contributed by atoms with van der Waals surface area (Å²) in [6.45, 7) is 2.13. The molecule has 3 heteroatoms. The average molecular weight is 214 g/mol. The van der Waals surface area contributed by atoms with E-state index in [-0.39, 0.29) is 0 Å². The molecule has 0 spiro atoms. The van der Waals surface area contributed by atoms with Crippen LogP contribution in [0.3, 0.4) is 0 Å². The molecule has 0 radical (unpaired) electrons. The Balaban J connectivity index is 2.30. The third kappa shape index (κ3) is 1.36. The highest BCUT2D eigenvalue weighted by Gasteiger charge is 2.06. The van der Waals surface area contributed by atoms with Gasteiger partial charge in [-0.1, -0.05) is 18.2 Å². The Morgan fingerprint density at radius 2 is 2.13 bits per heavy atom. The zero-order valence-corrected chi connectivity index (χ0v) is 9.14. The van der Waals surface area contributed by atoms with Gasteiger partial charge in [-0.05, 0) is 19.1 Å². The van der Waals surface area contributed by atoms with E-state index in [0.717, 1.165) is 5.52 Å². The second kappa shape index (κ2) is 3.21. The molecule has 0 aliphatic heterocycles. The molecule has 0 aliphatic carbocycles. The van der Waals surface area contributed by atoms with Crippen LogP contribution in [0.25, 0.3) is 21.3 Å². The number of hydrogen-bond acceptors (Lipinski definition) is 2. The van der Waals surface area contributed by atoms with Crippen LogP contribution in [0, 0.1) is 6.92 Å². The number of fused-ring (bicyclic) bond motifs is 1. The highest BCUT2D eigenvalue weighted by Crippen LogP contribution is 2.32. The van der Waals surface area contributed by atoms with Crippen LogP contribution in [0.1, 0.15) is 4.88 Å². The molecule has 0 fully saturated rings. The Kier molecular flexibility index (Phi) is 1.86. The number of H-pyrrole nitrogens is 1. The Morgan fingerprint density at radius 1 is 1.20 bits per heavy atom. The summed E-state index contributed by atoms with van der Waals surface area (Å²) < 4.78 is 0. The van der Waals surface area contributed by atoms with Gasteiger partial charge in [-0.2, -0.15) is 5.10 Å². The van der Waals surface area contributed by atoms with Gasteiger partial charge in [-0.15, -0.1) is 11.3 Å². The summed E-state index contributed by atoms with van der Waals surface area (Å²) in [6, 6.07) is 10.6. The molecule has 0 saturated carbocycles. The van der Waals surface area contributed by atoms with Gasteiger partial charge in [0.1, 0.15) is 0 Å². The summed E-state index contributed by atoms with van der Waals surface area (Å²) >= 11 is 1.81. The van der Waals surface area contributed by atoms with Gasteiger partial charge in [0, 0.05) is 20.7 Å². The van der Waals surface area contributed by atoms with Crippen molar-refractivity contribution in [3.05, 3.63) is 41.4 Å². The van der Waals surface area contributed by atoms with Crippen molar-refractivity contribution in [2.75, 3.05) is 0 Å². The van der Waals surface area contributed by atoms with Crippen LogP contribution in [-0.4, -0.2) is 10.2 Å². The standard InChI is InChI=1S/C12H10N2S/c1-8-5-6-11(15-8)10-4-2-3-9-7-13-14-12(9)10/h2-7H,1H3,(H,13,14). The van der Waals surface area contributed by atoms with Gasteiger partial charge in [0.2, 0.25) is 0 Å². The van der Waals surface area contributed by atoms with Gasteiger partial charge in [-0.25, -0.2) is 0 Å². The summed E-state index contributed by atoms with van der Waals surface area (Å²) in [5, 5.41) is 8.29. The largest absolute Gasteiger partial charge is 0.277 e. The molecule has 0 aliphatic rings. The number of aromatic nitrogens is 2. The van der Waals surface area contributed by atoms with Crippen molar-refractivity contribution in [2.45, 2.75) is 6.92 Å². The molecule has 0 bridgehead atoms. The number of aryl methyl sites for hydroxylation is 1. The molecule has 0 unspecified atom stereocenters. The molecule has 3 rings (SSSR count). The van der Waals surface area contributed by atoms with Gasteiger partial charge in [0.15, 0.2) is 0 Å². The molecular formula is C12H10N2S. The smallest absolute Gasteiger partial charge is 0.0736 e. The van der Waals surface area contributed by atoms with Crippen LogP contribution in [0.15, 0.2) is 36.5 Å². The van der Waals surface area contributed by atoms with E-state index in [1.165, 1.54) is 20.7 Å². The molecule has 0 saturated heterocycles. The first-order valence-electron chi connectivity index (χ1n) is 4.83. The van der Waals surface area contributed by atoms with E-state index in [9.17, 15) is 0 Å². The topological polar surface area (TPSA) is 28.7 Å². The van der Waals surface area contributed by atoms with Gasteiger partial charge in [-0.3, -0.25) is 5.10 Å². The third-order valence-corrected chi connectivity index (χ3v) is 3.52. The molecule has 3 aromatic rings. The number of hydrogen-bond donors (Lipinski definition) is 1. The van der Waals surface area contributed by atoms with E-state index in [1.54, 1.807) is 0 Å². The number of thiophene rings is 1. The number of nitrogens with one attached hydrogen (secondary N) is 1. The van der Waals surface area contributed by atoms with E-state index in [2.05, 4.69) is 47.5 Å². The lowest BCUT2D eigenvalue weighted by molar-refractivity contribution is 1.12. The van der Waals surface area contributed by atoms with Crippen molar-refractivity contribution >= 4 is 22.2 Å². The van der Waals surface area contributed by atoms with Gasteiger partial charge in [0.25, 0.3) is 0 Å². The molecule has 0 atom stereocenters. The minimum absolute atomic E-state index is 1.12. The fraction of sp³-hybridized carbons (Fsp3) is 0.0833. The molecule has 1 N–H and O–H groups in total. The first-order chi connectivity index (χ1) is 7.34. The molecule has 2 nitrogen and oxygen atoms in total. The second-order valence-corrected chi connectivity index (χ2v) is 4.84. The summed E-state index contributed by atoms with van der Waals surface area (Å²) in [4.78, 5) is 2.63. The number of nitrogens with zero attached hydrogens (tertiary/aromatic N) is 1. The number of rotatable bonds is 1. The minimum Gasteiger partial charge on any atom is -0.277 e. The Bertz CT molecular complexity index is 607. The molecule has 0 amide bonds. The fourth-order valence-electron chi connectivity index (χ4n) is 1.75. The monoisotopic (exact) mass is 214 g/mol. The lowest BCUT2D eigenvalue weighted by Crippen LogP contribution is -1.75. The molecule has 2 aromatic heterocycles. The zero-order valence-electron chi connectivity index (χ0n) is 8.32. The summed E-state index contributed by atoms with van der Waals surface area (Å²) in [5.41, 5.74) is 2.36. The zero-order chi connectivity index (χ0) is 10.3. The third-order valence-electron chi connectivity index (χ3n) is 2.48. The van der Waals surface area contributed by atoms with Crippen LogP contribution < -0.4 is 0 Å². The van der Waals surface area contributed by atoms with Gasteiger partial charge >= 0.3 is 0 Å². The van der Waals surface area contributed by atoms with Crippen LogP contribution >= 0.6 is 11.3 Å². The Hall–Kier alpha value is -1.61. The van der Waals surface area contributed by atoms with Crippen molar-refractivity contribution < 1.29 is 0 Å². The summed E-state index contributed by atoms with van der Waals surface area (Å²) in [7, 11) is 0. The highest BCUT2D eigenvalue weighted by atomic mass is 32.1. The molecule has 74 valence electrons. The van der Waals surface area contributed by atoms with Gasteiger partial charge < -0.3 is 0 Å². The number of benzene rings is 1. The quantitative estimate of drug-likeness (QED) is 0.658. The lowest BCUT2D eigenvalue weighted by atomic mass is 10.1. The fourth-order valence-corrected chi connectivity index (χ4v) is 2.65. The van der Waals surface area contributed by atoms with Crippen molar-refractivity contribution in [2.24, 2.45) is 0 Å². The summed E-state index contributed by atoms with van der Waals surface area (Å²) in [5.74, 6) is 0. The predicted molar refractivity (Wildman–Crippen MR) is 64.1 cm³/mol. The van der Waals surface area contributed by atoms with Crippen molar-refractivity contribution in [1.29, 1.82) is 0 Å². The highest BCUT2D eigenvalue weighted by molar-refractivity contribution is 7.15. The summed E-state index contributed by atoms with van der Waals surface area (Å²) in [6.07, 6.45) is 1.86. The number of aromatic amines is 1. The van der Waals surface area contributed by atoms with Crippen molar-refractivity contribution in [3.63, 3.8) is 0 Å². The molecule has 2 heterocycles. The predicted octanol–water partition coefficient (Wildman–Crippen LogP) is 3.60. The number of para-hydroxylation sites is 1. The van der Waals surface area contributed by atoms with Crippen LogP contribution in [-0.2, 0) is 0 Å². The maximum absolute atomic E-state index is 4.07. The SMILES string of the molecule is Cc1ccc(-c2cccc3cn[nH]c23)s1. The molecule has 1 aromatic carbocycles. The Labute approximate surface area is 91.6 Å². The maximum atomic E-state index is 4.07. The maximum Gasteiger partial charge on any atom is 0.0736 e. The first-order valence-corrected chi connectivity index (χ1v) is 5.65. The van der Waals surface area contributed by atoms with Crippen molar-refractivity contribution in [1.82, 2.24) is 10.2 Å². The molecular weight excluding hydrogens is 204 g/mol. The van der Waals surface area contributed by atoms with E-state index in [0.29, 0.717) is 0 Å². The van der Waals surface area contributed by atoms with Gasteiger partial charge in [0.05, 0.1) is 11.7 Å². The van der Waals surface area contributed by atoms with Crippen LogP contribution in [0.5, 0.6) is 0 Å². The lowest BCUT2D eigenvalue weighted by Gasteiger charge is -1.98. The first kappa shape index (κ1) is 8.68. The Morgan fingerprint density at radius 3 is 2.93 bits per heavy atom. The van der Waals surface area contributed by atoms with E-state index in [4.69, 9.17) is 0 Å². The minimum atomic E-state index is 1.12. The second-order valence-electron chi connectivity index (χ2n) is 3.55. The normalized spacial score (nSPS) is 11.0. The van der Waals surface area contributed by atoms with Crippen LogP contribution in [0.4, 0.5) is 0 Å². The van der Waals surface area contributed by atoms with E-state index < -0.39 is 0 Å². The van der Waals surface area contributed by atoms with Crippen LogP contribution in [0.2, 0.25) is 0 Å². The molecule has 15 heavy (non-hydrogen) atoms. The van der Waals surface area contributed by atoms with E-state index in [1.807, 2.05) is 17.5 Å². The van der Waals surface area contributed by atoms with Crippen molar-refractivity contribution in [3.8, 4) is 10.4 Å². The van der Waals surface area contributed by atoms with E-state index >= 15 is 0 Å².